The lowest BCUT2D eigenvalue weighted by Gasteiger charge is -2.45. The number of carbonyl (C=O) groups is 1. The number of aliphatic hydroxyl groups excluding tert-OH is 3. The van der Waals surface area contributed by atoms with Gasteiger partial charge >= 0.3 is 5.69 Å². The fourth-order valence-corrected chi connectivity index (χ4v) is 7.02. The Morgan fingerprint density at radius 3 is 2.19 bits per heavy atom. The number of aromatic nitrogens is 2. The Morgan fingerprint density at radius 2 is 1.64 bits per heavy atom. The van der Waals surface area contributed by atoms with Gasteiger partial charge in [-0.05, 0) is 0 Å². The number of H-pyrrole nitrogens is 1. The fourth-order valence-electron chi connectivity index (χ4n) is 4.12. The molecule has 1 aromatic rings. The van der Waals surface area contributed by atoms with Crippen LogP contribution in [0.15, 0.2) is 21.9 Å². The molecule has 0 aliphatic carbocycles. The SMILES string of the molecule is CC(=O)N[C@H]1C(OP(=O)([O-])OP(=O)([O-])OC[C@H]2O[C@@H](n3ccc(=O)[nH]c3=O)[C@H](O)[C@@H]2O)O[C@H](COS(=O)(=O)[O-])[C@H](OS(=O)(=O)[O-])[C@@H]1O. The highest BCUT2D eigenvalue weighted by molar-refractivity contribution is 7.81. The Balaban J connectivity index is 1.75. The first-order valence-electron chi connectivity index (χ1n) is 12.2. The van der Waals surface area contributed by atoms with Crippen molar-refractivity contribution in [3.63, 3.8) is 0 Å². The summed E-state index contributed by atoms with van der Waals surface area (Å²) in [5.74, 6) is -1.11. The molecular formula is C17H23N3O23P2S2-4. The van der Waals surface area contributed by atoms with E-state index in [-0.39, 0.29) is 0 Å². The van der Waals surface area contributed by atoms with Gasteiger partial charge in [0.25, 0.3) is 21.2 Å². The third-order valence-electron chi connectivity index (χ3n) is 5.94. The molecule has 3 heterocycles. The minimum absolute atomic E-state index is 0.624. The predicted octanol–water partition coefficient (Wildman–Crippen LogP) is -6.94. The van der Waals surface area contributed by atoms with Gasteiger partial charge in [0.1, 0.15) is 42.7 Å². The van der Waals surface area contributed by atoms with E-state index in [1.54, 1.807) is 0 Å². The summed E-state index contributed by atoms with van der Waals surface area (Å²) in [5.41, 5.74) is -1.92. The zero-order valence-corrected chi connectivity index (χ0v) is 26.4. The number of nitrogens with one attached hydrogen (secondary N) is 2. The van der Waals surface area contributed by atoms with Crippen molar-refractivity contribution in [1.82, 2.24) is 14.9 Å². The summed E-state index contributed by atoms with van der Waals surface area (Å²) in [7, 11) is -23.7. The average Bonchev–Trinajstić information content (AvgIpc) is 3.17. The van der Waals surface area contributed by atoms with Crippen molar-refractivity contribution in [3.8, 4) is 0 Å². The van der Waals surface area contributed by atoms with Gasteiger partial charge < -0.3 is 53.5 Å². The maximum absolute atomic E-state index is 12.5. The lowest BCUT2D eigenvalue weighted by Crippen LogP contribution is -2.65. The highest BCUT2D eigenvalue weighted by Gasteiger charge is 2.50. The van der Waals surface area contributed by atoms with E-state index in [0.29, 0.717) is 4.57 Å². The van der Waals surface area contributed by atoms with Crippen molar-refractivity contribution in [2.24, 2.45) is 0 Å². The van der Waals surface area contributed by atoms with E-state index in [1.165, 1.54) is 0 Å². The monoisotopic (exact) mass is 763 g/mol. The molecule has 30 heteroatoms. The topological polar surface area (TPSA) is 404 Å². The van der Waals surface area contributed by atoms with E-state index >= 15 is 0 Å². The third-order valence-corrected chi connectivity index (χ3v) is 9.36. The molecule has 47 heavy (non-hydrogen) atoms. The number of amides is 1. The Kier molecular flexibility index (Phi) is 12.4. The van der Waals surface area contributed by atoms with Crippen LogP contribution in [-0.4, -0.2) is 119 Å². The summed E-state index contributed by atoms with van der Waals surface area (Å²) < 4.78 is 122. The van der Waals surface area contributed by atoms with Crippen LogP contribution >= 0.6 is 15.6 Å². The molecule has 0 saturated carbocycles. The predicted molar refractivity (Wildman–Crippen MR) is 133 cm³/mol. The van der Waals surface area contributed by atoms with Crippen LogP contribution in [0.4, 0.5) is 0 Å². The van der Waals surface area contributed by atoms with Crippen LogP contribution in [0, 0.1) is 0 Å². The molecule has 2 saturated heterocycles. The van der Waals surface area contributed by atoms with Crippen molar-refractivity contribution in [2.75, 3.05) is 13.2 Å². The molecule has 1 aromatic heterocycles. The molecule has 0 radical (unpaired) electrons. The quantitative estimate of drug-likeness (QED) is 0.0667. The molecule has 26 nitrogen and oxygen atoms in total. The van der Waals surface area contributed by atoms with Crippen molar-refractivity contribution >= 4 is 42.4 Å². The molecule has 1 amide bonds. The van der Waals surface area contributed by atoms with Gasteiger partial charge in [-0.2, -0.15) is 0 Å². The van der Waals surface area contributed by atoms with E-state index in [9.17, 15) is 74.6 Å². The van der Waals surface area contributed by atoms with E-state index in [2.05, 4.69) is 21.7 Å². The Hall–Kier alpha value is -2.05. The summed E-state index contributed by atoms with van der Waals surface area (Å²) in [6, 6.07) is -1.39. The van der Waals surface area contributed by atoms with Crippen LogP contribution in [0.3, 0.4) is 0 Å². The molecule has 2 aliphatic rings. The summed E-state index contributed by atoms with van der Waals surface area (Å²) in [6.45, 7) is -2.05. The first-order valence-corrected chi connectivity index (χ1v) is 17.8. The van der Waals surface area contributed by atoms with Crippen LogP contribution in [0.2, 0.25) is 0 Å². The number of aliphatic hydroxyl groups is 3. The summed E-state index contributed by atoms with van der Waals surface area (Å²) >= 11 is 0. The standard InChI is InChI=1S/C17H27N3O23P2S2/c1-6(21)18-10-12(24)14(42-47(34,35)36)8(5-38-46(31,32)33)40-16(10)41-45(29,30)43-44(27,28)37-4-7-11(23)13(25)15(39-7)20-3-2-9(22)19-17(20)26/h2-3,7-8,10-16,23-25H,4-5H2,1H3,(H,18,21)(H,27,28)(H,29,30)(H,19,22,26)(H,31,32,33)(H,34,35,36)/p-4/t7-,8-,10-,11-,12-,13-,14+,15-,16?/m1/s1. The Labute approximate surface area is 261 Å². The average molecular weight is 763 g/mol. The summed E-state index contributed by atoms with van der Waals surface area (Å²) in [4.78, 5) is 61.6. The van der Waals surface area contributed by atoms with Crippen LogP contribution in [0.1, 0.15) is 13.2 Å². The second kappa shape index (κ2) is 14.8. The maximum atomic E-state index is 12.5. The van der Waals surface area contributed by atoms with Gasteiger partial charge in [-0.3, -0.25) is 41.2 Å². The second-order valence-electron chi connectivity index (χ2n) is 9.36. The van der Waals surface area contributed by atoms with E-state index < -0.39 is 122 Å². The largest absolute Gasteiger partial charge is 0.756 e. The molecule has 0 spiro atoms. The molecule has 2 aliphatic heterocycles. The summed E-state index contributed by atoms with van der Waals surface area (Å²) in [5, 5.41) is 32.8. The fraction of sp³-hybridized carbons (Fsp3) is 0.706. The minimum Gasteiger partial charge on any atom is -0.756 e. The van der Waals surface area contributed by atoms with Crippen molar-refractivity contribution in [2.45, 2.75) is 62.1 Å². The van der Waals surface area contributed by atoms with Crippen LogP contribution in [0.5, 0.6) is 0 Å². The molecule has 270 valence electrons. The normalized spacial score (nSPS) is 32.7. The lowest BCUT2D eigenvalue weighted by atomic mass is 9.97. The number of nitrogens with zero attached hydrogens (tertiary/aromatic N) is 1. The van der Waals surface area contributed by atoms with Gasteiger partial charge in [0.2, 0.25) is 26.7 Å². The summed E-state index contributed by atoms with van der Waals surface area (Å²) in [6.07, 6.45) is -16.5. The molecule has 0 bridgehead atoms. The molecule has 3 unspecified atom stereocenters. The lowest BCUT2D eigenvalue weighted by molar-refractivity contribution is -0.282. The first-order chi connectivity index (χ1) is 21.4. The van der Waals surface area contributed by atoms with E-state index in [0.717, 1.165) is 19.2 Å². The third kappa shape index (κ3) is 11.2. The number of aromatic amines is 1. The zero-order chi connectivity index (χ0) is 35.7. The highest BCUT2D eigenvalue weighted by Crippen LogP contribution is 2.57. The number of ether oxygens (including phenoxy) is 2. The Morgan fingerprint density at radius 1 is 1.00 bits per heavy atom. The van der Waals surface area contributed by atoms with Crippen LogP contribution in [0.25, 0.3) is 0 Å². The van der Waals surface area contributed by atoms with Gasteiger partial charge in [0.05, 0.1) is 13.2 Å². The smallest absolute Gasteiger partial charge is 0.330 e. The van der Waals surface area contributed by atoms with E-state index in [4.69, 9.17) is 9.47 Å². The van der Waals surface area contributed by atoms with Crippen LogP contribution in [-0.2, 0) is 65.9 Å². The highest BCUT2D eigenvalue weighted by atomic mass is 32.3. The molecule has 2 fully saturated rings. The molecule has 5 N–H and O–H groups in total. The number of hydrogen-bond donors (Lipinski definition) is 5. The Bertz CT molecular complexity index is 1730. The van der Waals surface area contributed by atoms with Crippen molar-refractivity contribution < 1.29 is 96.2 Å². The molecular weight excluding hydrogens is 740 g/mol. The molecule has 0 aromatic carbocycles. The van der Waals surface area contributed by atoms with Gasteiger partial charge in [0.15, 0.2) is 12.5 Å². The van der Waals surface area contributed by atoms with Gasteiger partial charge in [-0.25, -0.2) is 25.9 Å². The second-order valence-corrected chi connectivity index (χ2v) is 14.3. The number of carbonyl (C=O) groups excluding carboxylic acids is 1. The number of phosphoric ester groups is 2. The first kappa shape index (κ1) is 39.4. The van der Waals surface area contributed by atoms with Crippen molar-refractivity contribution in [3.05, 3.63) is 33.1 Å². The molecule has 3 rings (SSSR count). The number of hydrogen-bond acceptors (Lipinski definition) is 23. The minimum atomic E-state index is -6.30. The van der Waals surface area contributed by atoms with Gasteiger partial charge in [-0.15, -0.1) is 0 Å². The molecule has 11 atom stereocenters. The van der Waals surface area contributed by atoms with Crippen LogP contribution < -0.4 is 26.4 Å². The number of phosphoric acid groups is 2. The number of rotatable bonds is 14. The van der Waals surface area contributed by atoms with Crippen molar-refractivity contribution in [1.29, 1.82) is 0 Å². The maximum Gasteiger partial charge on any atom is 0.330 e. The van der Waals surface area contributed by atoms with Gasteiger partial charge in [-0.1, -0.05) is 0 Å². The van der Waals surface area contributed by atoms with Gasteiger partial charge in [0, 0.05) is 19.2 Å². The zero-order valence-electron chi connectivity index (χ0n) is 22.9. The van der Waals surface area contributed by atoms with E-state index in [1.807, 2.05) is 10.3 Å².